The van der Waals surface area contributed by atoms with Crippen molar-refractivity contribution in [3.8, 4) is 0 Å². The molecule has 2 N–H and O–H groups in total. The standard InChI is InChI=1S/C9H16N4S/c1-13-8(11-12-9(13)14-2)7-4-3-5-10-6-7/h7,10H,3-6H2,1-2H3/p+1/t7-/m1/s1. The fraction of sp³-hybridized carbons (Fsp3) is 0.778. The van der Waals surface area contributed by atoms with E-state index in [2.05, 4.69) is 27.1 Å². The molecule has 1 atom stereocenters. The molecule has 1 saturated heterocycles. The van der Waals surface area contributed by atoms with Crippen LogP contribution in [0.4, 0.5) is 0 Å². The first kappa shape index (κ1) is 9.98. The van der Waals surface area contributed by atoms with Crippen molar-refractivity contribution in [3.63, 3.8) is 0 Å². The third-order valence-corrected chi connectivity index (χ3v) is 3.55. The zero-order chi connectivity index (χ0) is 9.97. The van der Waals surface area contributed by atoms with Crippen LogP contribution in [0.25, 0.3) is 0 Å². The normalized spacial score (nSPS) is 22.6. The highest BCUT2D eigenvalue weighted by Gasteiger charge is 2.23. The summed E-state index contributed by atoms with van der Waals surface area (Å²) in [6, 6.07) is 0. The zero-order valence-electron chi connectivity index (χ0n) is 8.73. The molecule has 1 fully saturated rings. The molecule has 78 valence electrons. The monoisotopic (exact) mass is 213 g/mol. The molecule has 4 nitrogen and oxygen atoms in total. The lowest BCUT2D eigenvalue weighted by Gasteiger charge is -2.18. The lowest BCUT2D eigenvalue weighted by Crippen LogP contribution is -2.86. The number of thioether (sulfide) groups is 1. The molecule has 0 aliphatic carbocycles. The van der Waals surface area contributed by atoms with Crippen LogP contribution in [0.2, 0.25) is 0 Å². The summed E-state index contributed by atoms with van der Waals surface area (Å²) in [5.74, 6) is 1.76. The summed E-state index contributed by atoms with van der Waals surface area (Å²) in [7, 11) is 2.07. The van der Waals surface area contributed by atoms with Crippen LogP contribution in [0.1, 0.15) is 24.6 Å². The molecule has 0 bridgehead atoms. The zero-order valence-corrected chi connectivity index (χ0v) is 9.55. The number of quaternary nitrogens is 1. The summed E-state index contributed by atoms with van der Waals surface area (Å²) in [6.07, 6.45) is 4.60. The summed E-state index contributed by atoms with van der Waals surface area (Å²) in [5.41, 5.74) is 0. The predicted octanol–water partition coefficient (Wildman–Crippen LogP) is -0.0222. The summed E-state index contributed by atoms with van der Waals surface area (Å²) in [5, 5.41) is 11.8. The van der Waals surface area contributed by atoms with E-state index in [0.29, 0.717) is 5.92 Å². The average Bonchev–Trinajstić information content (AvgIpc) is 2.61. The van der Waals surface area contributed by atoms with Gasteiger partial charge in [0.15, 0.2) is 5.16 Å². The molecule has 1 aliphatic heterocycles. The second-order valence-electron chi connectivity index (χ2n) is 3.76. The van der Waals surface area contributed by atoms with Crippen molar-refractivity contribution in [2.24, 2.45) is 7.05 Å². The Labute approximate surface area is 88.5 Å². The Morgan fingerprint density at radius 1 is 1.50 bits per heavy atom. The molecule has 2 heterocycles. The van der Waals surface area contributed by atoms with E-state index in [1.165, 1.54) is 25.9 Å². The molecular formula is C9H17N4S+. The number of hydrogen-bond acceptors (Lipinski definition) is 3. The first-order valence-corrected chi connectivity index (χ1v) is 6.30. The van der Waals surface area contributed by atoms with E-state index in [0.717, 1.165) is 11.0 Å². The van der Waals surface area contributed by atoms with E-state index in [9.17, 15) is 0 Å². The maximum absolute atomic E-state index is 4.28. The summed E-state index contributed by atoms with van der Waals surface area (Å²) < 4.78 is 2.13. The Balaban J connectivity index is 2.18. The Bertz CT molecular complexity index is 304. The third-order valence-electron chi connectivity index (χ3n) is 2.83. The minimum absolute atomic E-state index is 0.599. The maximum atomic E-state index is 4.28. The predicted molar refractivity (Wildman–Crippen MR) is 56.4 cm³/mol. The molecule has 0 aromatic carbocycles. The van der Waals surface area contributed by atoms with Crippen molar-refractivity contribution in [2.75, 3.05) is 19.3 Å². The van der Waals surface area contributed by atoms with Gasteiger partial charge in [-0.15, -0.1) is 10.2 Å². The summed E-state index contributed by atoms with van der Waals surface area (Å²) >= 11 is 1.66. The first-order chi connectivity index (χ1) is 6.83. The number of aromatic nitrogens is 3. The minimum atomic E-state index is 0.599. The van der Waals surface area contributed by atoms with Crippen molar-refractivity contribution in [1.29, 1.82) is 0 Å². The van der Waals surface area contributed by atoms with E-state index in [1.54, 1.807) is 11.8 Å². The van der Waals surface area contributed by atoms with Crippen molar-refractivity contribution < 1.29 is 5.32 Å². The lowest BCUT2D eigenvalue weighted by molar-refractivity contribution is -0.665. The van der Waals surface area contributed by atoms with Gasteiger partial charge in [0.05, 0.1) is 19.0 Å². The van der Waals surface area contributed by atoms with Gasteiger partial charge in [-0.1, -0.05) is 11.8 Å². The summed E-state index contributed by atoms with van der Waals surface area (Å²) in [6.45, 7) is 2.43. The van der Waals surface area contributed by atoms with Gasteiger partial charge in [0.25, 0.3) is 0 Å². The molecule has 0 spiro atoms. The second kappa shape index (κ2) is 4.31. The van der Waals surface area contributed by atoms with Crippen molar-refractivity contribution in [3.05, 3.63) is 5.82 Å². The molecule has 1 aliphatic rings. The van der Waals surface area contributed by atoms with Gasteiger partial charge in [-0.25, -0.2) is 0 Å². The highest BCUT2D eigenvalue weighted by molar-refractivity contribution is 7.98. The van der Waals surface area contributed by atoms with Crippen molar-refractivity contribution >= 4 is 11.8 Å². The van der Waals surface area contributed by atoms with Crippen LogP contribution in [0, 0.1) is 0 Å². The van der Waals surface area contributed by atoms with Crippen LogP contribution in [0.5, 0.6) is 0 Å². The topological polar surface area (TPSA) is 47.3 Å². The van der Waals surface area contributed by atoms with E-state index in [-0.39, 0.29) is 0 Å². The van der Waals surface area contributed by atoms with Gasteiger partial charge in [-0.05, 0) is 19.1 Å². The molecule has 2 rings (SSSR count). The van der Waals surface area contributed by atoms with Crippen LogP contribution in [0.15, 0.2) is 5.16 Å². The Morgan fingerprint density at radius 3 is 2.93 bits per heavy atom. The quantitative estimate of drug-likeness (QED) is 0.702. The average molecular weight is 213 g/mol. The van der Waals surface area contributed by atoms with Gasteiger partial charge in [0.2, 0.25) is 0 Å². The molecule has 1 aromatic rings. The van der Waals surface area contributed by atoms with Crippen LogP contribution < -0.4 is 5.32 Å². The first-order valence-electron chi connectivity index (χ1n) is 5.08. The van der Waals surface area contributed by atoms with E-state index < -0.39 is 0 Å². The molecule has 5 heteroatoms. The van der Waals surface area contributed by atoms with Crippen LogP contribution in [-0.4, -0.2) is 34.1 Å². The van der Waals surface area contributed by atoms with Gasteiger partial charge < -0.3 is 9.88 Å². The number of nitrogens with zero attached hydrogens (tertiary/aromatic N) is 3. The van der Waals surface area contributed by atoms with Gasteiger partial charge >= 0.3 is 0 Å². The van der Waals surface area contributed by atoms with Crippen LogP contribution >= 0.6 is 11.8 Å². The summed E-state index contributed by atoms with van der Waals surface area (Å²) in [4.78, 5) is 0. The molecule has 0 saturated carbocycles. The van der Waals surface area contributed by atoms with Crippen LogP contribution in [0.3, 0.4) is 0 Å². The van der Waals surface area contributed by atoms with Gasteiger partial charge in [-0.2, -0.15) is 0 Å². The highest BCUT2D eigenvalue weighted by atomic mass is 32.2. The highest BCUT2D eigenvalue weighted by Crippen LogP contribution is 2.21. The Kier molecular flexibility index (Phi) is 3.08. The van der Waals surface area contributed by atoms with Gasteiger partial charge in [0, 0.05) is 7.05 Å². The van der Waals surface area contributed by atoms with Gasteiger partial charge in [-0.3, -0.25) is 0 Å². The second-order valence-corrected chi connectivity index (χ2v) is 4.53. The van der Waals surface area contributed by atoms with Crippen molar-refractivity contribution in [1.82, 2.24) is 14.8 Å². The number of hydrogen-bond donors (Lipinski definition) is 1. The largest absolute Gasteiger partial charge is 0.346 e. The molecule has 0 unspecified atom stereocenters. The van der Waals surface area contributed by atoms with E-state index in [1.807, 2.05) is 6.26 Å². The molecular weight excluding hydrogens is 196 g/mol. The SMILES string of the molecule is CSc1nnc([C@@H]2CCC[NH2+]C2)n1C. The number of nitrogens with two attached hydrogens (primary N) is 1. The molecule has 0 radical (unpaired) electrons. The fourth-order valence-corrected chi connectivity index (χ4v) is 2.53. The third kappa shape index (κ3) is 1.79. The van der Waals surface area contributed by atoms with E-state index in [4.69, 9.17) is 0 Å². The minimum Gasteiger partial charge on any atom is -0.346 e. The molecule has 0 amide bonds. The fourth-order valence-electron chi connectivity index (χ4n) is 2.04. The van der Waals surface area contributed by atoms with Crippen LogP contribution in [-0.2, 0) is 7.05 Å². The smallest absolute Gasteiger partial charge is 0.190 e. The molecule has 1 aromatic heterocycles. The van der Waals surface area contributed by atoms with E-state index >= 15 is 0 Å². The Morgan fingerprint density at radius 2 is 2.36 bits per heavy atom. The number of rotatable bonds is 2. The van der Waals surface area contributed by atoms with Gasteiger partial charge in [0.1, 0.15) is 5.82 Å². The maximum Gasteiger partial charge on any atom is 0.190 e. The number of piperidine rings is 1. The van der Waals surface area contributed by atoms with Crippen molar-refractivity contribution in [2.45, 2.75) is 23.9 Å². The Hall–Kier alpha value is -0.550. The lowest BCUT2D eigenvalue weighted by atomic mass is 9.99. The molecule has 14 heavy (non-hydrogen) atoms.